The second-order valence-electron chi connectivity index (χ2n) is 4.77. The van der Waals surface area contributed by atoms with Crippen molar-refractivity contribution in [3.63, 3.8) is 0 Å². The van der Waals surface area contributed by atoms with Crippen molar-refractivity contribution < 1.29 is 4.79 Å². The van der Waals surface area contributed by atoms with Crippen molar-refractivity contribution in [3.05, 3.63) is 45.4 Å². The number of nitrogens with one attached hydrogen (secondary N) is 1. The molecule has 0 aliphatic heterocycles. The fraction of sp³-hybridized carbons (Fsp3) is 0.286. The monoisotopic (exact) mass is 355 g/mol. The molecule has 2 aromatic heterocycles. The van der Waals surface area contributed by atoms with Gasteiger partial charge in [0.15, 0.2) is 0 Å². The number of anilines is 1. The van der Waals surface area contributed by atoms with Gasteiger partial charge in [0, 0.05) is 16.7 Å². The van der Waals surface area contributed by atoms with Gasteiger partial charge >= 0.3 is 0 Å². The van der Waals surface area contributed by atoms with E-state index in [-0.39, 0.29) is 11.9 Å². The van der Waals surface area contributed by atoms with Crippen molar-refractivity contribution in [2.75, 3.05) is 5.32 Å². The molecule has 4 nitrogen and oxygen atoms in total. The second kappa shape index (κ2) is 5.97. The van der Waals surface area contributed by atoms with E-state index in [1.54, 1.807) is 25.1 Å². The number of hydrogen-bond donors (Lipinski definition) is 1. The third-order valence-electron chi connectivity index (χ3n) is 2.90. The second-order valence-corrected chi connectivity index (χ2v) is 6.07. The summed E-state index contributed by atoms with van der Waals surface area (Å²) in [7, 11) is 0. The van der Waals surface area contributed by atoms with Crippen molar-refractivity contribution >= 4 is 39.1 Å². The van der Waals surface area contributed by atoms with E-state index in [1.165, 1.54) is 0 Å². The van der Waals surface area contributed by atoms with Gasteiger partial charge in [0.2, 0.25) is 0 Å². The van der Waals surface area contributed by atoms with Gasteiger partial charge < -0.3 is 9.88 Å². The molecule has 0 aliphatic rings. The van der Waals surface area contributed by atoms with Crippen LogP contribution in [0.2, 0.25) is 5.15 Å². The Hall–Kier alpha value is -1.33. The van der Waals surface area contributed by atoms with Crippen LogP contribution < -0.4 is 5.32 Å². The molecule has 1 amide bonds. The molecule has 0 unspecified atom stereocenters. The fourth-order valence-electron chi connectivity index (χ4n) is 1.90. The number of carbonyl (C=O) groups is 1. The summed E-state index contributed by atoms with van der Waals surface area (Å²) >= 11 is 9.20. The number of halogens is 2. The average Bonchev–Trinajstić information content (AvgIpc) is 2.75. The lowest BCUT2D eigenvalue weighted by Gasteiger charge is -2.13. The van der Waals surface area contributed by atoms with Crippen LogP contribution in [-0.2, 0) is 0 Å². The van der Waals surface area contributed by atoms with Crippen LogP contribution in [-0.4, -0.2) is 15.5 Å². The van der Waals surface area contributed by atoms with Crippen LogP contribution in [0.1, 0.15) is 36.1 Å². The molecule has 20 heavy (non-hydrogen) atoms. The summed E-state index contributed by atoms with van der Waals surface area (Å²) in [6.45, 7) is 5.86. The van der Waals surface area contributed by atoms with Crippen LogP contribution in [0.5, 0.6) is 0 Å². The molecular weight excluding hydrogens is 342 g/mol. The highest BCUT2D eigenvalue weighted by atomic mass is 79.9. The van der Waals surface area contributed by atoms with E-state index in [2.05, 4.69) is 26.2 Å². The van der Waals surface area contributed by atoms with Gasteiger partial charge in [-0.3, -0.25) is 4.79 Å². The standard InChI is InChI=1S/C14H15BrClN3O/c1-8(2)19-7-10(15)6-12(19)14(20)18-11-4-5-13(16)17-9(11)3/h4-8H,1-3H3,(H,18,20). The third kappa shape index (κ3) is 3.22. The zero-order valence-electron chi connectivity index (χ0n) is 11.4. The molecule has 1 N–H and O–H groups in total. The number of rotatable bonds is 3. The number of nitrogens with zero attached hydrogens (tertiary/aromatic N) is 2. The van der Waals surface area contributed by atoms with Crippen LogP contribution in [0.4, 0.5) is 5.69 Å². The maximum Gasteiger partial charge on any atom is 0.272 e. The lowest BCUT2D eigenvalue weighted by Crippen LogP contribution is -2.18. The van der Waals surface area contributed by atoms with Crippen LogP contribution in [0.25, 0.3) is 0 Å². The van der Waals surface area contributed by atoms with E-state index < -0.39 is 0 Å². The number of aromatic nitrogens is 2. The van der Waals surface area contributed by atoms with Gasteiger partial charge in [-0.2, -0.15) is 0 Å². The molecule has 6 heteroatoms. The molecule has 0 atom stereocenters. The van der Waals surface area contributed by atoms with Crippen LogP contribution in [0, 0.1) is 6.92 Å². The minimum Gasteiger partial charge on any atom is -0.340 e. The van der Waals surface area contributed by atoms with E-state index in [0.29, 0.717) is 22.2 Å². The number of carbonyl (C=O) groups excluding carboxylic acids is 1. The van der Waals surface area contributed by atoms with E-state index in [0.717, 1.165) is 4.47 Å². The van der Waals surface area contributed by atoms with Gasteiger partial charge in [0.25, 0.3) is 5.91 Å². The van der Waals surface area contributed by atoms with E-state index in [4.69, 9.17) is 11.6 Å². The minimum atomic E-state index is -0.170. The predicted molar refractivity (Wildman–Crippen MR) is 84.5 cm³/mol. The fourth-order valence-corrected chi connectivity index (χ4v) is 2.53. The third-order valence-corrected chi connectivity index (χ3v) is 3.55. The van der Waals surface area contributed by atoms with Gasteiger partial charge in [-0.1, -0.05) is 11.6 Å². The first-order chi connectivity index (χ1) is 9.38. The summed E-state index contributed by atoms with van der Waals surface area (Å²) in [6, 6.07) is 5.40. The van der Waals surface area contributed by atoms with Crippen LogP contribution >= 0.6 is 27.5 Å². The maximum absolute atomic E-state index is 12.4. The van der Waals surface area contributed by atoms with E-state index >= 15 is 0 Å². The Kier molecular flexibility index (Phi) is 4.50. The SMILES string of the molecule is Cc1nc(Cl)ccc1NC(=O)c1cc(Br)cn1C(C)C. The van der Waals surface area contributed by atoms with Gasteiger partial charge in [-0.05, 0) is 54.9 Å². The molecule has 0 spiro atoms. The number of amides is 1. The first kappa shape index (κ1) is 15.1. The highest BCUT2D eigenvalue weighted by molar-refractivity contribution is 9.10. The van der Waals surface area contributed by atoms with Gasteiger partial charge in [0.05, 0.1) is 11.4 Å². The van der Waals surface area contributed by atoms with Crippen molar-refractivity contribution in [1.29, 1.82) is 0 Å². The minimum absolute atomic E-state index is 0.170. The molecule has 0 fully saturated rings. The van der Waals surface area contributed by atoms with Gasteiger partial charge in [0.1, 0.15) is 10.8 Å². The topological polar surface area (TPSA) is 46.9 Å². The van der Waals surface area contributed by atoms with E-state index in [9.17, 15) is 4.79 Å². The summed E-state index contributed by atoms with van der Waals surface area (Å²) in [5.74, 6) is -0.170. The molecule has 106 valence electrons. The molecule has 2 heterocycles. The summed E-state index contributed by atoms with van der Waals surface area (Å²) in [6.07, 6.45) is 1.90. The van der Waals surface area contributed by atoms with Crippen molar-refractivity contribution in [3.8, 4) is 0 Å². The molecule has 0 aromatic carbocycles. The Morgan fingerprint density at radius 1 is 1.45 bits per heavy atom. The summed E-state index contributed by atoms with van der Waals surface area (Å²) < 4.78 is 2.79. The van der Waals surface area contributed by atoms with Crippen LogP contribution in [0.3, 0.4) is 0 Å². The largest absolute Gasteiger partial charge is 0.340 e. The first-order valence-electron chi connectivity index (χ1n) is 6.20. The zero-order chi connectivity index (χ0) is 14.9. The first-order valence-corrected chi connectivity index (χ1v) is 7.37. The lowest BCUT2D eigenvalue weighted by atomic mass is 10.3. The summed E-state index contributed by atoms with van der Waals surface area (Å²) in [4.78, 5) is 16.5. The van der Waals surface area contributed by atoms with Crippen molar-refractivity contribution in [2.24, 2.45) is 0 Å². The Bertz CT molecular complexity index is 652. The number of pyridine rings is 1. The Morgan fingerprint density at radius 3 is 2.75 bits per heavy atom. The maximum atomic E-state index is 12.4. The Labute approximate surface area is 131 Å². The van der Waals surface area contributed by atoms with Crippen molar-refractivity contribution in [2.45, 2.75) is 26.8 Å². The number of hydrogen-bond acceptors (Lipinski definition) is 2. The van der Waals surface area contributed by atoms with Crippen molar-refractivity contribution in [1.82, 2.24) is 9.55 Å². The van der Waals surface area contributed by atoms with Crippen LogP contribution in [0.15, 0.2) is 28.9 Å². The quantitative estimate of drug-likeness (QED) is 0.826. The molecule has 0 bridgehead atoms. The normalized spacial score (nSPS) is 10.9. The summed E-state index contributed by atoms with van der Waals surface area (Å²) in [5, 5.41) is 3.27. The summed E-state index contributed by atoms with van der Waals surface area (Å²) in [5.41, 5.74) is 1.95. The highest BCUT2D eigenvalue weighted by Gasteiger charge is 2.16. The highest BCUT2D eigenvalue weighted by Crippen LogP contribution is 2.22. The molecular formula is C14H15BrClN3O. The molecule has 2 aromatic rings. The van der Waals surface area contributed by atoms with Gasteiger partial charge in [-0.15, -0.1) is 0 Å². The number of aryl methyl sites for hydroxylation is 1. The molecule has 0 aliphatic carbocycles. The van der Waals surface area contributed by atoms with Gasteiger partial charge in [-0.25, -0.2) is 4.98 Å². The lowest BCUT2D eigenvalue weighted by molar-refractivity contribution is 0.101. The smallest absolute Gasteiger partial charge is 0.272 e. The molecule has 2 rings (SSSR count). The molecule has 0 saturated carbocycles. The Morgan fingerprint density at radius 2 is 2.15 bits per heavy atom. The zero-order valence-corrected chi connectivity index (χ0v) is 13.8. The predicted octanol–water partition coefficient (Wildman–Crippen LogP) is 4.44. The van der Waals surface area contributed by atoms with E-state index in [1.807, 2.05) is 24.6 Å². The average molecular weight is 357 g/mol. The molecule has 0 radical (unpaired) electrons. The Balaban J connectivity index is 2.28. The molecule has 0 saturated heterocycles.